The van der Waals surface area contributed by atoms with Crippen molar-refractivity contribution in [1.29, 1.82) is 0 Å². The molecule has 1 aliphatic carbocycles. The maximum atomic E-state index is 4.29. The zero-order chi connectivity index (χ0) is 15.8. The Hall–Kier alpha value is -0.860. The van der Waals surface area contributed by atoms with Crippen molar-refractivity contribution >= 4 is 29.9 Å². The summed E-state index contributed by atoms with van der Waals surface area (Å²) in [5.74, 6) is 2.67. The minimum absolute atomic E-state index is 0. The highest BCUT2D eigenvalue weighted by molar-refractivity contribution is 14.0. The molecule has 1 aliphatic rings. The molecule has 1 unspecified atom stereocenters. The molecule has 0 radical (unpaired) electrons. The molecule has 1 atom stereocenters. The van der Waals surface area contributed by atoms with Crippen molar-refractivity contribution < 1.29 is 0 Å². The molecule has 1 heterocycles. The number of nitrogens with zero attached hydrogens (tertiary/aromatic N) is 4. The van der Waals surface area contributed by atoms with Gasteiger partial charge in [-0.15, -0.1) is 34.2 Å². The summed E-state index contributed by atoms with van der Waals surface area (Å²) >= 11 is 0. The van der Waals surface area contributed by atoms with E-state index in [1.807, 2.05) is 11.6 Å². The normalized spacial score (nSPS) is 17.4. The van der Waals surface area contributed by atoms with Gasteiger partial charge in [-0.05, 0) is 25.7 Å². The first-order valence-corrected chi connectivity index (χ1v) is 8.49. The predicted molar refractivity (Wildman–Crippen MR) is 105 cm³/mol. The van der Waals surface area contributed by atoms with E-state index < -0.39 is 0 Å². The number of hydrogen-bond acceptors (Lipinski definition) is 3. The highest BCUT2D eigenvalue weighted by atomic mass is 127. The zero-order valence-electron chi connectivity index (χ0n) is 14.6. The van der Waals surface area contributed by atoms with Crippen molar-refractivity contribution in [3.05, 3.63) is 12.2 Å². The summed E-state index contributed by atoms with van der Waals surface area (Å²) in [5, 5.41) is 14.7. The van der Waals surface area contributed by atoms with Crippen molar-refractivity contribution in [2.24, 2.45) is 18.0 Å². The van der Waals surface area contributed by atoms with Gasteiger partial charge in [-0.3, -0.25) is 4.99 Å². The lowest BCUT2D eigenvalue weighted by Crippen LogP contribution is -2.42. The monoisotopic (exact) mass is 434 g/mol. The highest BCUT2D eigenvalue weighted by Crippen LogP contribution is 2.27. The van der Waals surface area contributed by atoms with Crippen LogP contribution < -0.4 is 10.6 Å². The van der Waals surface area contributed by atoms with Crippen LogP contribution in [-0.2, 0) is 13.6 Å². The van der Waals surface area contributed by atoms with Crippen LogP contribution in [0.2, 0.25) is 0 Å². The van der Waals surface area contributed by atoms with Crippen molar-refractivity contribution in [2.75, 3.05) is 7.05 Å². The molecule has 1 fully saturated rings. The zero-order valence-corrected chi connectivity index (χ0v) is 16.9. The lowest BCUT2D eigenvalue weighted by atomic mass is 9.85. The van der Waals surface area contributed by atoms with Gasteiger partial charge in [0.05, 0.1) is 6.54 Å². The third kappa shape index (κ3) is 7.05. The van der Waals surface area contributed by atoms with E-state index in [1.165, 1.54) is 44.9 Å². The number of halogens is 1. The molecule has 132 valence electrons. The fraction of sp³-hybridized carbons (Fsp3) is 0.812. The largest absolute Gasteiger partial charge is 0.354 e. The van der Waals surface area contributed by atoms with Gasteiger partial charge in [-0.25, -0.2) is 0 Å². The Bertz CT molecular complexity index is 467. The molecule has 2 N–H and O–H groups in total. The summed E-state index contributed by atoms with van der Waals surface area (Å²) in [4.78, 5) is 4.29. The molecule has 0 aliphatic heterocycles. The summed E-state index contributed by atoms with van der Waals surface area (Å²) in [6.45, 7) is 2.86. The summed E-state index contributed by atoms with van der Waals surface area (Å²) in [6, 6.07) is 0.438. The van der Waals surface area contributed by atoms with E-state index in [9.17, 15) is 0 Å². The molecule has 0 amide bonds. The lowest BCUT2D eigenvalue weighted by molar-refractivity contribution is 0.322. The second-order valence-corrected chi connectivity index (χ2v) is 6.41. The number of aromatic nitrogens is 3. The van der Waals surface area contributed by atoms with E-state index in [-0.39, 0.29) is 24.0 Å². The number of nitrogens with one attached hydrogen (secondary N) is 2. The SMILES string of the molecule is CN=C(NCc1nncn1C)NC(C)CCC1CCCCC1.I. The fourth-order valence-electron chi connectivity index (χ4n) is 3.09. The Balaban J connectivity index is 0.00000264. The molecular weight excluding hydrogens is 403 g/mol. The molecule has 0 aromatic carbocycles. The summed E-state index contributed by atoms with van der Waals surface area (Å²) in [5.41, 5.74) is 0. The van der Waals surface area contributed by atoms with E-state index in [4.69, 9.17) is 0 Å². The van der Waals surface area contributed by atoms with Gasteiger partial charge < -0.3 is 15.2 Å². The Labute approximate surface area is 157 Å². The summed E-state index contributed by atoms with van der Waals surface area (Å²) in [7, 11) is 3.75. The van der Waals surface area contributed by atoms with Crippen LogP contribution in [0.5, 0.6) is 0 Å². The van der Waals surface area contributed by atoms with Gasteiger partial charge in [0.25, 0.3) is 0 Å². The molecule has 23 heavy (non-hydrogen) atoms. The molecule has 1 aromatic rings. The van der Waals surface area contributed by atoms with Gasteiger partial charge in [-0.1, -0.05) is 32.1 Å². The molecule has 0 bridgehead atoms. The van der Waals surface area contributed by atoms with E-state index in [0.717, 1.165) is 17.7 Å². The molecular formula is C16H31IN6. The van der Waals surface area contributed by atoms with Gasteiger partial charge in [-0.2, -0.15) is 0 Å². The first kappa shape index (κ1) is 20.2. The van der Waals surface area contributed by atoms with Crippen LogP contribution in [0.25, 0.3) is 0 Å². The standard InChI is InChI=1S/C16H30N6.HI/c1-13(9-10-14-7-5-4-6-8-14)20-16(17-2)18-11-15-21-19-12-22(15)3;/h12-14H,4-11H2,1-3H3,(H2,17,18,20);1H. The van der Waals surface area contributed by atoms with Crippen molar-refractivity contribution in [2.45, 2.75) is 64.5 Å². The first-order valence-electron chi connectivity index (χ1n) is 8.49. The van der Waals surface area contributed by atoms with Gasteiger partial charge in [0.1, 0.15) is 6.33 Å². The molecule has 6 nitrogen and oxygen atoms in total. The quantitative estimate of drug-likeness (QED) is 0.411. The Morgan fingerprint density at radius 1 is 1.39 bits per heavy atom. The van der Waals surface area contributed by atoms with Gasteiger partial charge in [0.2, 0.25) is 0 Å². The first-order chi connectivity index (χ1) is 10.7. The van der Waals surface area contributed by atoms with Gasteiger partial charge in [0.15, 0.2) is 11.8 Å². The van der Waals surface area contributed by atoms with Crippen molar-refractivity contribution in [3.8, 4) is 0 Å². The minimum atomic E-state index is 0. The average molecular weight is 434 g/mol. The highest BCUT2D eigenvalue weighted by Gasteiger charge is 2.15. The van der Waals surface area contributed by atoms with E-state index >= 15 is 0 Å². The van der Waals surface area contributed by atoms with Gasteiger partial charge >= 0.3 is 0 Å². The van der Waals surface area contributed by atoms with Crippen LogP contribution in [0.1, 0.15) is 57.7 Å². The maximum absolute atomic E-state index is 4.29. The second-order valence-electron chi connectivity index (χ2n) is 6.41. The van der Waals surface area contributed by atoms with E-state index in [1.54, 1.807) is 13.4 Å². The topological polar surface area (TPSA) is 67.1 Å². The van der Waals surface area contributed by atoms with Crippen LogP contribution in [0.4, 0.5) is 0 Å². The molecule has 7 heteroatoms. The van der Waals surface area contributed by atoms with Crippen molar-refractivity contribution in [1.82, 2.24) is 25.4 Å². The fourth-order valence-corrected chi connectivity index (χ4v) is 3.09. The van der Waals surface area contributed by atoms with E-state index in [2.05, 4.69) is 32.7 Å². The number of hydrogen-bond donors (Lipinski definition) is 2. The number of aliphatic imine (C=N–C) groups is 1. The van der Waals surface area contributed by atoms with Crippen LogP contribution in [0.3, 0.4) is 0 Å². The Kier molecular flexibility index (Phi) is 9.50. The summed E-state index contributed by atoms with van der Waals surface area (Å²) < 4.78 is 1.91. The smallest absolute Gasteiger partial charge is 0.191 e. The summed E-state index contributed by atoms with van der Waals surface area (Å²) in [6.07, 6.45) is 11.4. The Morgan fingerprint density at radius 2 is 2.13 bits per heavy atom. The lowest BCUT2D eigenvalue weighted by Gasteiger charge is -2.24. The van der Waals surface area contributed by atoms with Crippen LogP contribution in [0, 0.1) is 5.92 Å². The van der Waals surface area contributed by atoms with Crippen LogP contribution in [0.15, 0.2) is 11.3 Å². The minimum Gasteiger partial charge on any atom is -0.354 e. The maximum Gasteiger partial charge on any atom is 0.191 e. The molecule has 0 saturated heterocycles. The molecule has 1 aromatic heterocycles. The number of rotatable bonds is 6. The van der Waals surface area contributed by atoms with Crippen molar-refractivity contribution in [3.63, 3.8) is 0 Å². The Morgan fingerprint density at radius 3 is 2.74 bits per heavy atom. The molecule has 1 saturated carbocycles. The second kappa shape index (κ2) is 10.8. The third-order valence-electron chi connectivity index (χ3n) is 4.56. The van der Waals surface area contributed by atoms with Crippen LogP contribution >= 0.6 is 24.0 Å². The number of aryl methyl sites for hydroxylation is 1. The van der Waals surface area contributed by atoms with Gasteiger partial charge in [0, 0.05) is 20.1 Å². The molecule has 0 spiro atoms. The third-order valence-corrected chi connectivity index (χ3v) is 4.56. The molecule has 2 rings (SSSR count). The number of guanidine groups is 1. The van der Waals surface area contributed by atoms with Crippen LogP contribution in [-0.4, -0.2) is 33.8 Å². The predicted octanol–water partition coefficient (Wildman–Crippen LogP) is 2.85. The van der Waals surface area contributed by atoms with E-state index in [0.29, 0.717) is 12.6 Å². The average Bonchev–Trinajstić information content (AvgIpc) is 2.95.